The topological polar surface area (TPSA) is 97.7 Å². The SMILES string of the molecule is COc1ccc(-c2cc(C(N)=O)c3[nH]c4cc(C(=O)N5CCOCC5)ccc4c3c2)cc1. The number of nitrogens with two attached hydrogens (primary N) is 1. The van der Waals surface area contributed by atoms with Crippen LogP contribution in [0.2, 0.25) is 0 Å². The van der Waals surface area contributed by atoms with Crippen molar-refractivity contribution >= 4 is 33.6 Å². The summed E-state index contributed by atoms with van der Waals surface area (Å²) in [7, 11) is 1.62. The second-order valence-electron chi connectivity index (χ2n) is 7.83. The lowest BCUT2D eigenvalue weighted by Crippen LogP contribution is -2.40. The average molecular weight is 429 g/mol. The molecule has 1 fully saturated rings. The van der Waals surface area contributed by atoms with Crippen molar-refractivity contribution in [3.05, 3.63) is 65.7 Å². The van der Waals surface area contributed by atoms with Gasteiger partial charge in [0.15, 0.2) is 0 Å². The summed E-state index contributed by atoms with van der Waals surface area (Å²) in [6, 6.07) is 17.1. The Labute approximate surface area is 184 Å². The molecule has 0 radical (unpaired) electrons. The summed E-state index contributed by atoms with van der Waals surface area (Å²) >= 11 is 0. The molecular weight excluding hydrogens is 406 g/mol. The molecule has 0 spiro atoms. The van der Waals surface area contributed by atoms with Crippen molar-refractivity contribution in [3.8, 4) is 16.9 Å². The van der Waals surface area contributed by atoms with Crippen LogP contribution in [0.3, 0.4) is 0 Å². The lowest BCUT2D eigenvalue weighted by Gasteiger charge is -2.26. The van der Waals surface area contributed by atoms with Gasteiger partial charge in [0.2, 0.25) is 0 Å². The molecule has 1 aliphatic rings. The Balaban J connectivity index is 1.63. The van der Waals surface area contributed by atoms with E-state index in [-0.39, 0.29) is 5.91 Å². The molecule has 3 N–H and O–H groups in total. The van der Waals surface area contributed by atoms with E-state index in [1.165, 1.54) is 0 Å². The van der Waals surface area contributed by atoms with Gasteiger partial charge in [-0.15, -0.1) is 0 Å². The Bertz CT molecular complexity index is 1340. The molecule has 32 heavy (non-hydrogen) atoms. The molecule has 3 aromatic carbocycles. The van der Waals surface area contributed by atoms with E-state index >= 15 is 0 Å². The zero-order chi connectivity index (χ0) is 22.2. The molecule has 0 aliphatic carbocycles. The van der Waals surface area contributed by atoms with Gasteiger partial charge in [0.25, 0.3) is 11.8 Å². The second-order valence-corrected chi connectivity index (χ2v) is 7.83. The Kier molecular flexibility index (Phi) is 5.03. The fourth-order valence-corrected chi connectivity index (χ4v) is 4.23. The van der Waals surface area contributed by atoms with Crippen molar-refractivity contribution in [1.82, 2.24) is 9.88 Å². The summed E-state index contributed by atoms with van der Waals surface area (Å²) in [4.78, 5) is 30.3. The molecule has 1 aromatic heterocycles. The summed E-state index contributed by atoms with van der Waals surface area (Å²) in [5, 5.41) is 1.81. The van der Waals surface area contributed by atoms with Crippen LogP contribution in [0.15, 0.2) is 54.6 Å². The highest BCUT2D eigenvalue weighted by molar-refractivity contribution is 6.17. The van der Waals surface area contributed by atoms with Crippen LogP contribution in [0.25, 0.3) is 32.9 Å². The zero-order valence-corrected chi connectivity index (χ0v) is 17.7. The first-order chi connectivity index (χ1) is 15.5. The molecule has 0 atom stereocenters. The minimum Gasteiger partial charge on any atom is -0.497 e. The van der Waals surface area contributed by atoms with Crippen molar-refractivity contribution in [3.63, 3.8) is 0 Å². The largest absolute Gasteiger partial charge is 0.497 e. The number of amides is 2. The smallest absolute Gasteiger partial charge is 0.254 e. The van der Waals surface area contributed by atoms with Gasteiger partial charge in [0.1, 0.15) is 5.75 Å². The number of carbonyl (C=O) groups is 2. The third kappa shape index (κ3) is 3.46. The maximum Gasteiger partial charge on any atom is 0.254 e. The van der Waals surface area contributed by atoms with Crippen molar-refractivity contribution < 1.29 is 19.1 Å². The molecule has 1 saturated heterocycles. The van der Waals surface area contributed by atoms with E-state index in [1.807, 2.05) is 48.5 Å². The van der Waals surface area contributed by atoms with Crippen molar-refractivity contribution in [1.29, 1.82) is 0 Å². The molecule has 2 heterocycles. The molecule has 7 heteroatoms. The number of benzene rings is 3. The monoisotopic (exact) mass is 429 g/mol. The molecule has 0 bridgehead atoms. The summed E-state index contributed by atoms with van der Waals surface area (Å²) in [5.41, 5.74) is 10.0. The number of morpholine rings is 1. The quantitative estimate of drug-likeness (QED) is 0.518. The number of fused-ring (bicyclic) bond motifs is 3. The van der Waals surface area contributed by atoms with Gasteiger partial charge >= 0.3 is 0 Å². The summed E-state index contributed by atoms with van der Waals surface area (Å²) in [5.74, 6) is 0.221. The van der Waals surface area contributed by atoms with Gasteiger partial charge in [-0.1, -0.05) is 18.2 Å². The summed E-state index contributed by atoms with van der Waals surface area (Å²) in [6.07, 6.45) is 0. The minimum atomic E-state index is -0.512. The van der Waals surface area contributed by atoms with E-state index in [4.69, 9.17) is 15.2 Å². The van der Waals surface area contributed by atoms with Crippen molar-refractivity contribution in [2.45, 2.75) is 0 Å². The van der Waals surface area contributed by atoms with Crippen LogP contribution in [-0.2, 0) is 4.74 Å². The number of carbonyl (C=O) groups excluding carboxylic acids is 2. The number of hydrogen-bond acceptors (Lipinski definition) is 4. The highest BCUT2D eigenvalue weighted by atomic mass is 16.5. The first-order valence-electron chi connectivity index (χ1n) is 10.5. The van der Waals surface area contributed by atoms with Crippen molar-refractivity contribution in [2.24, 2.45) is 5.73 Å². The molecule has 5 rings (SSSR count). The van der Waals surface area contributed by atoms with E-state index in [0.29, 0.717) is 42.9 Å². The maximum atomic E-state index is 12.9. The van der Waals surface area contributed by atoms with Crippen LogP contribution in [-0.4, -0.2) is 55.1 Å². The van der Waals surface area contributed by atoms with Crippen LogP contribution in [0, 0.1) is 0 Å². The van der Waals surface area contributed by atoms with E-state index in [0.717, 1.165) is 33.2 Å². The minimum absolute atomic E-state index is 0.0251. The standard InChI is InChI=1S/C25H23N3O4/c1-31-18-5-2-15(3-6-18)17-12-20-19-7-4-16(25(30)28-8-10-32-11-9-28)14-22(19)27-23(20)21(13-17)24(26)29/h2-7,12-14,27H,8-11H2,1H3,(H2,26,29). The number of methoxy groups -OCH3 is 1. The molecule has 0 saturated carbocycles. The number of rotatable bonds is 4. The predicted molar refractivity (Wildman–Crippen MR) is 123 cm³/mol. The zero-order valence-electron chi connectivity index (χ0n) is 17.7. The van der Waals surface area contributed by atoms with Gasteiger partial charge in [-0.3, -0.25) is 9.59 Å². The Morgan fingerprint density at radius 1 is 0.969 bits per heavy atom. The molecule has 0 unspecified atom stereocenters. The third-order valence-corrected chi connectivity index (χ3v) is 5.94. The Morgan fingerprint density at radius 2 is 1.72 bits per heavy atom. The van der Waals surface area contributed by atoms with E-state index in [9.17, 15) is 9.59 Å². The van der Waals surface area contributed by atoms with E-state index in [2.05, 4.69) is 4.98 Å². The average Bonchev–Trinajstić information content (AvgIpc) is 3.21. The maximum absolute atomic E-state index is 12.9. The second kappa shape index (κ2) is 8.01. The summed E-state index contributed by atoms with van der Waals surface area (Å²) < 4.78 is 10.6. The molecule has 1 aliphatic heterocycles. The van der Waals surface area contributed by atoms with Crippen LogP contribution >= 0.6 is 0 Å². The normalized spacial score (nSPS) is 14.1. The molecule has 7 nitrogen and oxygen atoms in total. The number of nitrogens with one attached hydrogen (secondary N) is 1. The molecule has 4 aromatic rings. The molecular formula is C25H23N3O4. The lowest BCUT2D eigenvalue weighted by atomic mass is 9.98. The van der Waals surface area contributed by atoms with Crippen molar-refractivity contribution in [2.75, 3.05) is 33.4 Å². The fourth-order valence-electron chi connectivity index (χ4n) is 4.23. The predicted octanol–water partition coefficient (Wildman–Crippen LogP) is 3.57. The van der Waals surface area contributed by atoms with E-state index in [1.54, 1.807) is 18.1 Å². The number of H-pyrrole nitrogens is 1. The fraction of sp³-hybridized carbons (Fsp3) is 0.200. The number of aromatic amines is 1. The highest BCUT2D eigenvalue weighted by Gasteiger charge is 2.20. The van der Waals surface area contributed by atoms with Gasteiger partial charge in [0.05, 0.1) is 31.4 Å². The number of ether oxygens (including phenoxy) is 2. The van der Waals surface area contributed by atoms with Gasteiger partial charge in [-0.25, -0.2) is 0 Å². The number of aromatic nitrogens is 1. The number of hydrogen-bond donors (Lipinski definition) is 2. The summed E-state index contributed by atoms with van der Waals surface area (Å²) in [6.45, 7) is 2.27. The number of primary amides is 1. The first-order valence-corrected chi connectivity index (χ1v) is 10.5. The van der Waals surface area contributed by atoms with Gasteiger partial charge in [-0.05, 0) is 47.5 Å². The van der Waals surface area contributed by atoms with Crippen LogP contribution in [0.5, 0.6) is 5.75 Å². The van der Waals surface area contributed by atoms with Crippen LogP contribution < -0.4 is 10.5 Å². The highest BCUT2D eigenvalue weighted by Crippen LogP contribution is 2.34. The van der Waals surface area contributed by atoms with Gasteiger partial charge in [-0.2, -0.15) is 0 Å². The van der Waals surface area contributed by atoms with Gasteiger partial charge in [0, 0.05) is 34.9 Å². The first kappa shape index (κ1) is 20.1. The lowest BCUT2D eigenvalue weighted by molar-refractivity contribution is 0.0303. The number of nitrogens with zero attached hydrogens (tertiary/aromatic N) is 1. The molecule has 162 valence electrons. The van der Waals surface area contributed by atoms with Crippen LogP contribution in [0.1, 0.15) is 20.7 Å². The Hall–Kier alpha value is -3.84. The van der Waals surface area contributed by atoms with E-state index < -0.39 is 5.91 Å². The van der Waals surface area contributed by atoms with Crippen LogP contribution in [0.4, 0.5) is 0 Å². The Morgan fingerprint density at radius 3 is 2.41 bits per heavy atom. The molecule has 2 amide bonds. The third-order valence-electron chi connectivity index (χ3n) is 5.94. The van der Waals surface area contributed by atoms with Gasteiger partial charge < -0.3 is 25.1 Å².